The fourth-order valence-corrected chi connectivity index (χ4v) is 2.92. The van der Waals surface area contributed by atoms with Crippen LogP contribution >= 0.6 is 0 Å². The highest BCUT2D eigenvalue weighted by atomic mass is 19.1. The number of benzene rings is 1. The molecule has 1 atom stereocenters. The van der Waals surface area contributed by atoms with Gasteiger partial charge in [-0.05, 0) is 50.2 Å². The van der Waals surface area contributed by atoms with Crippen LogP contribution < -0.4 is 0 Å². The van der Waals surface area contributed by atoms with Crippen molar-refractivity contribution in [1.29, 1.82) is 0 Å². The van der Waals surface area contributed by atoms with Crippen LogP contribution in [0.1, 0.15) is 36.2 Å². The minimum atomic E-state index is -0.260. The first-order valence-electron chi connectivity index (χ1n) is 7.36. The van der Waals surface area contributed by atoms with Crippen molar-refractivity contribution in [2.24, 2.45) is 0 Å². The Kier molecular flexibility index (Phi) is 4.76. The molecule has 1 aromatic carbocycles. The SMILES string of the molecule is CCN(CC)C1CCN(C(=O)c2ccc(F)c(C)c2)C1. The lowest BCUT2D eigenvalue weighted by Gasteiger charge is -2.26. The molecule has 0 aliphatic carbocycles. The standard InChI is InChI=1S/C16H23FN2O/c1-4-18(5-2)14-8-9-19(11-14)16(20)13-6-7-15(17)12(3)10-13/h6-7,10,14H,4-5,8-9,11H2,1-3H3. The second-order valence-corrected chi connectivity index (χ2v) is 5.38. The zero-order valence-corrected chi connectivity index (χ0v) is 12.5. The third kappa shape index (κ3) is 3.01. The summed E-state index contributed by atoms with van der Waals surface area (Å²) < 4.78 is 13.3. The lowest BCUT2D eigenvalue weighted by atomic mass is 10.1. The first-order valence-corrected chi connectivity index (χ1v) is 7.36. The molecule has 1 fully saturated rings. The maximum Gasteiger partial charge on any atom is 0.253 e. The van der Waals surface area contributed by atoms with Crippen molar-refractivity contribution in [1.82, 2.24) is 9.80 Å². The van der Waals surface area contributed by atoms with Crippen molar-refractivity contribution in [2.45, 2.75) is 33.2 Å². The van der Waals surface area contributed by atoms with Crippen molar-refractivity contribution in [2.75, 3.05) is 26.2 Å². The first-order chi connectivity index (χ1) is 9.56. The number of halogens is 1. The summed E-state index contributed by atoms with van der Waals surface area (Å²) in [5.41, 5.74) is 1.11. The summed E-state index contributed by atoms with van der Waals surface area (Å²) in [5.74, 6) is -0.244. The van der Waals surface area contributed by atoms with Crippen LogP contribution in [-0.2, 0) is 0 Å². The van der Waals surface area contributed by atoms with Gasteiger partial charge in [-0.2, -0.15) is 0 Å². The Morgan fingerprint density at radius 3 is 2.70 bits per heavy atom. The molecular formula is C16H23FN2O. The van der Waals surface area contributed by atoms with Gasteiger partial charge in [-0.3, -0.25) is 9.69 Å². The summed E-state index contributed by atoms with van der Waals surface area (Å²) in [7, 11) is 0. The molecule has 1 aromatic rings. The Hall–Kier alpha value is -1.42. The molecule has 1 amide bonds. The number of likely N-dealkylation sites (N-methyl/N-ethyl adjacent to an activating group) is 1. The molecule has 0 aromatic heterocycles. The molecule has 0 radical (unpaired) electrons. The molecule has 1 unspecified atom stereocenters. The fraction of sp³-hybridized carbons (Fsp3) is 0.562. The summed E-state index contributed by atoms with van der Waals surface area (Å²) in [6.45, 7) is 9.58. The highest BCUT2D eigenvalue weighted by Gasteiger charge is 2.29. The molecular weight excluding hydrogens is 255 g/mol. The molecule has 1 aliphatic heterocycles. The average Bonchev–Trinajstić information content (AvgIpc) is 2.92. The van der Waals surface area contributed by atoms with Crippen LogP contribution in [0.5, 0.6) is 0 Å². The molecule has 4 heteroatoms. The zero-order valence-electron chi connectivity index (χ0n) is 12.5. The van der Waals surface area contributed by atoms with Gasteiger partial charge in [0.15, 0.2) is 0 Å². The van der Waals surface area contributed by atoms with Crippen LogP contribution in [0.25, 0.3) is 0 Å². The Morgan fingerprint density at radius 1 is 1.40 bits per heavy atom. The van der Waals surface area contributed by atoms with Crippen LogP contribution in [-0.4, -0.2) is 47.9 Å². The van der Waals surface area contributed by atoms with E-state index in [2.05, 4.69) is 18.7 Å². The van der Waals surface area contributed by atoms with Crippen molar-refractivity contribution in [3.63, 3.8) is 0 Å². The van der Waals surface area contributed by atoms with E-state index < -0.39 is 0 Å². The Labute approximate surface area is 120 Å². The Morgan fingerprint density at radius 2 is 2.10 bits per heavy atom. The number of hydrogen-bond donors (Lipinski definition) is 0. The second-order valence-electron chi connectivity index (χ2n) is 5.38. The summed E-state index contributed by atoms with van der Waals surface area (Å²) in [6.07, 6.45) is 1.02. The van der Waals surface area contributed by atoms with Gasteiger partial charge in [0.1, 0.15) is 5.82 Å². The van der Waals surface area contributed by atoms with Gasteiger partial charge in [0.05, 0.1) is 0 Å². The first kappa shape index (κ1) is 15.0. The van der Waals surface area contributed by atoms with Gasteiger partial charge < -0.3 is 4.90 Å². The number of hydrogen-bond acceptors (Lipinski definition) is 2. The predicted octanol–water partition coefficient (Wildman–Crippen LogP) is 2.69. The zero-order chi connectivity index (χ0) is 14.7. The minimum Gasteiger partial charge on any atom is -0.337 e. The van der Waals surface area contributed by atoms with Crippen LogP contribution in [0.3, 0.4) is 0 Å². The molecule has 0 bridgehead atoms. The number of likely N-dealkylation sites (tertiary alicyclic amines) is 1. The maximum absolute atomic E-state index is 13.3. The van der Waals surface area contributed by atoms with Gasteiger partial charge >= 0.3 is 0 Å². The van der Waals surface area contributed by atoms with E-state index in [-0.39, 0.29) is 11.7 Å². The molecule has 1 heterocycles. The third-order valence-electron chi connectivity index (χ3n) is 4.18. The van der Waals surface area contributed by atoms with Gasteiger partial charge in [0.2, 0.25) is 0 Å². The van der Waals surface area contributed by atoms with Gasteiger partial charge in [0, 0.05) is 24.7 Å². The number of aryl methyl sites for hydroxylation is 1. The van der Waals surface area contributed by atoms with E-state index >= 15 is 0 Å². The van der Waals surface area contributed by atoms with Crippen molar-refractivity contribution in [3.8, 4) is 0 Å². The quantitative estimate of drug-likeness (QED) is 0.845. The lowest BCUT2D eigenvalue weighted by molar-refractivity contribution is 0.0778. The molecule has 0 N–H and O–H groups in total. The summed E-state index contributed by atoms with van der Waals surface area (Å²) in [4.78, 5) is 16.7. The molecule has 0 spiro atoms. The largest absolute Gasteiger partial charge is 0.337 e. The van der Waals surface area contributed by atoms with Crippen LogP contribution in [0.4, 0.5) is 4.39 Å². The number of nitrogens with zero attached hydrogens (tertiary/aromatic N) is 2. The lowest BCUT2D eigenvalue weighted by Crippen LogP contribution is -2.38. The highest BCUT2D eigenvalue weighted by molar-refractivity contribution is 5.94. The second kappa shape index (κ2) is 6.35. The maximum atomic E-state index is 13.3. The fourth-order valence-electron chi connectivity index (χ4n) is 2.92. The smallest absolute Gasteiger partial charge is 0.253 e. The summed E-state index contributed by atoms with van der Waals surface area (Å²) in [5, 5.41) is 0. The molecule has 1 aliphatic rings. The van der Waals surface area contributed by atoms with Crippen molar-refractivity contribution >= 4 is 5.91 Å². The van der Waals surface area contributed by atoms with Crippen molar-refractivity contribution < 1.29 is 9.18 Å². The van der Waals surface area contributed by atoms with E-state index in [1.54, 1.807) is 19.1 Å². The number of carbonyl (C=O) groups excluding carboxylic acids is 1. The molecule has 20 heavy (non-hydrogen) atoms. The number of carbonyl (C=O) groups is 1. The van der Waals surface area contributed by atoms with Crippen molar-refractivity contribution in [3.05, 3.63) is 35.1 Å². The Bertz CT molecular complexity index is 485. The monoisotopic (exact) mass is 278 g/mol. The highest BCUT2D eigenvalue weighted by Crippen LogP contribution is 2.19. The third-order valence-corrected chi connectivity index (χ3v) is 4.18. The van der Waals surface area contributed by atoms with E-state index in [0.29, 0.717) is 17.2 Å². The number of amides is 1. The van der Waals surface area contributed by atoms with Gasteiger partial charge in [-0.15, -0.1) is 0 Å². The predicted molar refractivity (Wildman–Crippen MR) is 78.4 cm³/mol. The van der Waals surface area contributed by atoms with Crippen LogP contribution in [0.15, 0.2) is 18.2 Å². The molecule has 1 saturated heterocycles. The average molecular weight is 278 g/mol. The molecule has 110 valence electrons. The summed E-state index contributed by atoms with van der Waals surface area (Å²) >= 11 is 0. The van der Waals surface area contributed by atoms with E-state index in [0.717, 1.165) is 32.6 Å². The van der Waals surface area contributed by atoms with Crippen LogP contribution in [0, 0.1) is 12.7 Å². The molecule has 0 saturated carbocycles. The van der Waals surface area contributed by atoms with Gasteiger partial charge in [-0.1, -0.05) is 13.8 Å². The molecule has 3 nitrogen and oxygen atoms in total. The molecule has 2 rings (SSSR count). The van der Waals surface area contributed by atoms with Crippen LogP contribution in [0.2, 0.25) is 0 Å². The summed E-state index contributed by atoms with van der Waals surface area (Å²) in [6, 6.07) is 5.05. The minimum absolute atomic E-state index is 0.0164. The number of rotatable bonds is 4. The van der Waals surface area contributed by atoms with Gasteiger partial charge in [0.25, 0.3) is 5.91 Å². The Balaban J connectivity index is 2.05. The normalized spacial score (nSPS) is 18.9. The van der Waals surface area contributed by atoms with E-state index in [4.69, 9.17) is 0 Å². The topological polar surface area (TPSA) is 23.6 Å². The van der Waals surface area contributed by atoms with E-state index in [1.165, 1.54) is 6.07 Å². The van der Waals surface area contributed by atoms with Gasteiger partial charge in [-0.25, -0.2) is 4.39 Å². The van der Waals surface area contributed by atoms with E-state index in [1.807, 2.05) is 4.90 Å². The van der Waals surface area contributed by atoms with E-state index in [9.17, 15) is 9.18 Å².